The fourth-order valence-corrected chi connectivity index (χ4v) is 0.938. The van der Waals surface area contributed by atoms with Crippen LogP contribution in [0.25, 0.3) is 0 Å². The molecule has 12 heavy (non-hydrogen) atoms. The normalized spacial score (nSPS) is 11.3. The average Bonchev–Trinajstić information content (AvgIpc) is 2.01. The van der Waals surface area contributed by atoms with Crippen LogP contribution in [0.5, 0.6) is 0 Å². The molecule has 68 valence electrons. The third-order valence-electron chi connectivity index (χ3n) is 1.13. The van der Waals surface area contributed by atoms with E-state index in [0.717, 1.165) is 0 Å². The van der Waals surface area contributed by atoms with E-state index in [0.29, 0.717) is 13.1 Å². The van der Waals surface area contributed by atoms with Crippen LogP contribution >= 0.6 is 8.25 Å². The van der Waals surface area contributed by atoms with E-state index in [-0.39, 0.29) is 6.73 Å². The Morgan fingerprint density at radius 3 is 2.25 bits per heavy atom. The van der Waals surface area contributed by atoms with Gasteiger partial charge in [0.05, 0.1) is 0 Å². The summed E-state index contributed by atoms with van der Waals surface area (Å²) in [5, 5.41) is 0. The summed E-state index contributed by atoms with van der Waals surface area (Å²) in [5.41, 5.74) is 0. The van der Waals surface area contributed by atoms with Gasteiger partial charge in [-0.15, -0.1) is 22.6 Å². The Morgan fingerprint density at radius 1 is 1.42 bits per heavy atom. The predicted octanol–water partition coefficient (Wildman–Crippen LogP) is 1.28. The summed E-state index contributed by atoms with van der Waals surface area (Å²) in [6.45, 7) is 8.41. The molecule has 5 heteroatoms. The van der Waals surface area contributed by atoms with Crippen molar-refractivity contribution in [1.29, 1.82) is 0 Å². The van der Waals surface area contributed by atoms with Crippen LogP contribution in [0, 0.1) is 0 Å². The third kappa shape index (κ3) is 6.19. The molecule has 1 N–H and O–H groups in total. The molecule has 0 saturated carbocycles. The van der Waals surface area contributed by atoms with Gasteiger partial charge in [-0.3, -0.25) is 4.90 Å². The highest BCUT2D eigenvalue weighted by atomic mass is 31.1. The van der Waals surface area contributed by atoms with Crippen LogP contribution in [-0.4, -0.2) is 29.6 Å². The standard InChI is InChI=1S/C7H12NO3P/c1-3-5-8(6-4-2)7-11-12(9)10/h3-4H,1-2,5-7H2/p+1. The maximum Gasteiger partial charge on any atom is 0.696 e. The third-order valence-corrected chi connectivity index (χ3v) is 1.46. The molecule has 0 radical (unpaired) electrons. The molecule has 0 amide bonds. The van der Waals surface area contributed by atoms with Gasteiger partial charge in [0, 0.05) is 17.7 Å². The lowest BCUT2D eigenvalue weighted by Gasteiger charge is -2.13. The highest BCUT2D eigenvalue weighted by molar-refractivity contribution is 7.32. The Labute approximate surface area is 73.1 Å². The van der Waals surface area contributed by atoms with E-state index in [1.54, 1.807) is 17.1 Å². The fourth-order valence-electron chi connectivity index (χ4n) is 0.676. The Hall–Kier alpha value is -0.540. The van der Waals surface area contributed by atoms with Gasteiger partial charge in [-0.25, -0.2) is 0 Å². The molecule has 0 aromatic carbocycles. The minimum absolute atomic E-state index is 0.115. The Balaban J connectivity index is 3.68. The molecule has 0 aliphatic rings. The van der Waals surface area contributed by atoms with Crippen molar-refractivity contribution in [2.24, 2.45) is 0 Å². The second kappa shape index (κ2) is 7.13. The lowest BCUT2D eigenvalue weighted by atomic mass is 10.5. The number of hydrogen-bond donors (Lipinski definition) is 1. The molecule has 0 aromatic heterocycles. The monoisotopic (exact) mass is 190 g/mol. The molecule has 0 spiro atoms. The zero-order valence-electron chi connectivity index (χ0n) is 6.85. The molecule has 0 aliphatic carbocycles. The van der Waals surface area contributed by atoms with Crippen molar-refractivity contribution in [3.05, 3.63) is 25.3 Å². The molecule has 1 unspecified atom stereocenters. The van der Waals surface area contributed by atoms with Crippen LogP contribution in [-0.2, 0) is 9.09 Å². The Kier molecular flexibility index (Phi) is 6.81. The predicted molar refractivity (Wildman–Crippen MR) is 47.7 cm³/mol. The molecular formula is C7H13NO3P+. The zero-order chi connectivity index (χ0) is 9.40. The van der Waals surface area contributed by atoms with Crippen molar-refractivity contribution in [2.75, 3.05) is 19.8 Å². The molecule has 0 bridgehead atoms. The van der Waals surface area contributed by atoms with Gasteiger partial charge in [0.15, 0.2) is 6.73 Å². The minimum atomic E-state index is -2.51. The van der Waals surface area contributed by atoms with Gasteiger partial charge in [0.25, 0.3) is 0 Å². The first-order valence-electron chi connectivity index (χ1n) is 3.44. The smallest absolute Gasteiger partial charge is 0.269 e. The average molecular weight is 190 g/mol. The first-order chi connectivity index (χ1) is 5.70. The van der Waals surface area contributed by atoms with Crippen LogP contribution in [0.2, 0.25) is 0 Å². The first kappa shape index (κ1) is 11.5. The summed E-state index contributed by atoms with van der Waals surface area (Å²) in [6, 6.07) is 0. The second-order valence-corrected chi connectivity index (χ2v) is 2.84. The summed E-state index contributed by atoms with van der Waals surface area (Å²) in [5.74, 6) is 0. The van der Waals surface area contributed by atoms with E-state index >= 15 is 0 Å². The number of nitrogens with zero attached hydrogens (tertiary/aromatic N) is 1. The molecule has 0 aromatic rings. The topological polar surface area (TPSA) is 49.8 Å². The van der Waals surface area contributed by atoms with E-state index in [1.807, 2.05) is 0 Å². The second-order valence-electron chi connectivity index (χ2n) is 2.11. The van der Waals surface area contributed by atoms with Gasteiger partial charge in [0.2, 0.25) is 0 Å². The summed E-state index contributed by atoms with van der Waals surface area (Å²) < 4.78 is 14.7. The fraction of sp³-hybridized carbons (Fsp3) is 0.429. The summed E-state index contributed by atoms with van der Waals surface area (Å²) in [6.07, 6.45) is 3.38. The van der Waals surface area contributed by atoms with Crippen LogP contribution in [0.15, 0.2) is 25.3 Å². The van der Waals surface area contributed by atoms with Crippen molar-refractivity contribution in [3.8, 4) is 0 Å². The summed E-state index contributed by atoms with van der Waals surface area (Å²) in [7, 11) is -2.51. The molecule has 1 atom stereocenters. The van der Waals surface area contributed by atoms with Crippen molar-refractivity contribution >= 4 is 8.25 Å². The Bertz CT molecular complexity index is 162. The summed E-state index contributed by atoms with van der Waals surface area (Å²) in [4.78, 5) is 10.1. The van der Waals surface area contributed by atoms with Crippen molar-refractivity contribution in [1.82, 2.24) is 4.90 Å². The number of hydrogen-bond acceptors (Lipinski definition) is 3. The first-order valence-corrected chi connectivity index (χ1v) is 4.57. The molecule has 4 nitrogen and oxygen atoms in total. The molecule has 0 heterocycles. The van der Waals surface area contributed by atoms with Gasteiger partial charge in [0.1, 0.15) is 0 Å². The van der Waals surface area contributed by atoms with Crippen molar-refractivity contribution < 1.29 is 14.0 Å². The van der Waals surface area contributed by atoms with Gasteiger partial charge in [-0.05, 0) is 0 Å². The molecular weight excluding hydrogens is 177 g/mol. The zero-order valence-corrected chi connectivity index (χ0v) is 7.74. The highest BCUT2D eigenvalue weighted by Gasteiger charge is 2.13. The molecule has 0 aliphatic heterocycles. The van der Waals surface area contributed by atoms with E-state index < -0.39 is 8.25 Å². The van der Waals surface area contributed by atoms with Crippen LogP contribution in [0.1, 0.15) is 0 Å². The van der Waals surface area contributed by atoms with Gasteiger partial charge in [-0.2, -0.15) is 0 Å². The quantitative estimate of drug-likeness (QED) is 0.373. The van der Waals surface area contributed by atoms with Gasteiger partial charge >= 0.3 is 8.25 Å². The molecule has 0 saturated heterocycles. The van der Waals surface area contributed by atoms with Crippen LogP contribution < -0.4 is 0 Å². The van der Waals surface area contributed by atoms with E-state index in [2.05, 4.69) is 17.7 Å². The largest absolute Gasteiger partial charge is 0.696 e. The molecule has 0 fully saturated rings. The number of rotatable bonds is 7. The van der Waals surface area contributed by atoms with E-state index in [9.17, 15) is 4.57 Å². The SMILES string of the molecule is C=CCN(CC=C)CO[P+](=O)O. The Morgan fingerprint density at radius 2 is 1.92 bits per heavy atom. The van der Waals surface area contributed by atoms with Crippen molar-refractivity contribution in [3.63, 3.8) is 0 Å². The lowest BCUT2D eigenvalue weighted by Crippen LogP contribution is -2.25. The van der Waals surface area contributed by atoms with Crippen molar-refractivity contribution in [2.45, 2.75) is 0 Å². The van der Waals surface area contributed by atoms with Gasteiger partial charge in [-0.1, -0.05) is 12.2 Å². The van der Waals surface area contributed by atoms with Crippen LogP contribution in [0.3, 0.4) is 0 Å². The maximum absolute atomic E-state index is 10.2. The van der Waals surface area contributed by atoms with E-state index in [1.165, 1.54) is 0 Å². The van der Waals surface area contributed by atoms with Gasteiger partial charge < -0.3 is 0 Å². The maximum atomic E-state index is 10.2. The highest BCUT2D eigenvalue weighted by Crippen LogP contribution is 2.14. The summed E-state index contributed by atoms with van der Waals surface area (Å²) >= 11 is 0. The lowest BCUT2D eigenvalue weighted by molar-refractivity contribution is 0.144. The minimum Gasteiger partial charge on any atom is -0.269 e. The van der Waals surface area contributed by atoms with Crippen LogP contribution in [0.4, 0.5) is 0 Å². The molecule has 0 rings (SSSR count). The van der Waals surface area contributed by atoms with E-state index in [4.69, 9.17) is 4.89 Å².